The van der Waals surface area contributed by atoms with E-state index in [2.05, 4.69) is 42.8 Å². The summed E-state index contributed by atoms with van der Waals surface area (Å²) in [4.78, 5) is 4.93. The van der Waals surface area contributed by atoms with E-state index in [0.29, 0.717) is 12.1 Å². The number of rotatable bonds is 6. The van der Waals surface area contributed by atoms with Gasteiger partial charge in [0.05, 0.1) is 0 Å². The lowest BCUT2D eigenvalue weighted by Gasteiger charge is -2.42. The third kappa shape index (κ3) is 3.89. The topological polar surface area (TPSA) is 18.5 Å². The molecule has 2 unspecified atom stereocenters. The van der Waals surface area contributed by atoms with Gasteiger partial charge < -0.3 is 10.2 Å². The van der Waals surface area contributed by atoms with Crippen LogP contribution in [0.25, 0.3) is 0 Å². The van der Waals surface area contributed by atoms with Crippen LogP contribution in [0, 0.1) is 0 Å². The van der Waals surface area contributed by atoms with Crippen LogP contribution in [0.15, 0.2) is 12.7 Å². The molecule has 0 aromatic rings. The number of piperazine rings is 1. The van der Waals surface area contributed by atoms with E-state index in [1.54, 1.807) is 0 Å². The van der Waals surface area contributed by atoms with E-state index in [9.17, 15) is 0 Å². The van der Waals surface area contributed by atoms with Gasteiger partial charge in [0.2, 0.25) is 0 Å². The van der Waals surface area contributed by atoms with E-state index in [1.165, 1.54) is 32.5 Å². The fourth-order valence-corrected chi connectivity index (χ4v) is 2.49. The Balaban J connectivity index is 2.45. The molecule has 1 rings (SSSR count). The first kappa shape index (κ1) is 13.7. The minimum Gasteiger partial charge on any atom is -0.315 e. The van der Waals surface area contributed by atoms with Crippen molar-refractivity contribution in [2.75, 3.05) is 40.8 Å². The zero-order valence-corrected chi connectivity index (χ0v) is 11.1. The standard InChI is InChI=1S/C13H27N3/c1-5-6-7-8-12(14-2)13-11-15(3)9-10-16(13)4/h5,12-14H,1,6-11H2,2-4H3. The quantitative estimate of drug-likeness (QED) is 0.541. The molecule has 0 aliphatic carbocycles. The molecule has 0 saturated carbocycles. The van der Waals surface area contributed by atoms with Gasteiger partial charge in [0, 0.05) is 31.7 Å². The monoisotopic (exact) mass is 225 g/mol. The molecule has 1 heterocycles. The summed E-state index contributed by atoms with van der Waals surface area (Å²) >= 11 is 0. The van der Waals surface area contributed by atoms with Crippen molar-refractivity contribution in [2.45, 2.75) is 31.3 Å². The minimum absolute atomic E-state index is 0.604. The summed E-state index contributed by atoms with van der Waals surface area (Å²) in [5, 5.41) is 3.48. The lowest BCUT2D eigenvalue weighted by Crippen LogP contribution is -2.58. The molecule has 94 valence electrons. The van der Waals surface area contributed by atoms with Crippen LogP contribution in [0.3, 0.4) is 0 Å². The van der Waals surface area contributed by atoms with Crippen molar-refractivity contribution in [3.63, 3.8) is 0 Å². The zero-order valence-electron chi connectivity index (χ0n) is 11.1. The molecule has 1 aliphatic heterocycles. The molecule has 0 aromatic carbocycles. The Labute approximate surface area is 100 Å². The molecule has 3 nitrogen and oxygen atoms in total. The van der Waals surface area contributed by atoms with E-state index < -0.39 is 0 Å². The predicted molar refractivity (Wildman–Crippen MR) is 70.8 cm³/mol. The van der Waals surface area contributed by atoms with Crippen molar-refractivity contribution >= 4 is 0 Å². The van der Waals surface area contributed by atoms with Crippen LogP contribution >= 0.6 is 0 Å². The molecule has 1 fully saturated rings. The summed E-state index contributed by atoms with van der Waals surface area (Å²) in [6, 6.07) is 1.25. The molecular weight excluding hydrogens is 198 g/mol. The van der Waals surface area contributed by atoms with E-state index in [1.807, 2.05) is 6.08 Å². The van der Waals surface area contributed by atoms with Crippen LogP contribution in [0.5, 0.6) is 0 Å². The maximum Gasteiger partial charge on any atom is 0.0373 e. The van der Waals surface area contributed by atoms with Crippen molar-refractivity contribution < 1.29 is 0 Å². The Morgan fingerprint density at radius 3 is 2.81 bits per heavy atom. The Morgan fingerprint density at radius 1 is 1.44 bits per heavy atom. The summed E-state index contributed by atoms with van der Waals surface area (Å²) in [6.45, 7) is 7.33. The second kappa shape index (κ2) is 7.05. The molecule has 2 atom stereocenters. The van der Waals surface area contributed by atoms with Crippen molar-refractivity contribution in [3.8, 4) is 0 Å². The molecule has 1 aliphatic rings. The van der Waals surface area contributed by atoms with Crippen LogP contribution < -0.4 is 5.32 Å². The lowest BCUT2D eigenvalue weighted by atomic mass is 9.98. The Morgan fingerprint density at radius 2 is 2.19 bits per heavy atom. The molecule has 16 heavy (non-hydrogen) atoms. The summed E-state index contributed by atoms with van der Waals surface area (Å²) in [5.41, 5.74) is 0. The average molecular weight is 225 g/mol. The van der Waals surface area contributed by atoms with E-state index in [0.717, 1.165) is 6.42 Å². The maximum absolute atomic E-state index is 3.78. The summed E-state index contributed by atoms with van der Waals surface area (Å²) in [6.07, 6.45) is 5.63. The second-order valence-corrected chi connectivity index (χ2v) is 4.92. The molecule has 1 saturated heterocycles. The van der Waals surface area contributed by atoms with Gasteiger partial charge in [0.25, 0.3) is 0 Å². The van der Waals surface area contributed by atoms with Crippen LogP contribution in [0.4, 0.5) is 0 Å². The van der Waals surface area contributed by atoms with Gasteiger partial charge in [-0.3, -0.25) is 4.90 Å². The van der Waals surface area contributed by atoms with Crippen molar-refractivity contribution in [1.82, 2.24) is 15.1 Å². The van der Waals surface area contributed by atoms with Gasteiger partial charge in [-0.1, -0.05) is 6.08 Å². The average Bonchev–Trinajstić information content (AvgIpc) is 2.28. The van der Waals surface area contributed by atoms with Gasteiger partial charge in [-0.25, -0.2) is 0 Å². The normalized spacial score (nSPS) is 25.6. The van der Waals surface area contributed by atoms with Crippen LogP contribution in [-0.4, -0.2) is 62.7 Å². The predicted octanol–water partition coefficient (Wildman–Crippen LogP) is 1.18. The van der Waals surface area contributed by atoms with Crippen LogP contribution in [-0.2, 0) is 0 Å². The summed E-state index contributed by atoms with van der Waals surface area (Å²) in [5.74, 6) is 0. The fraction of sp³-hybridized carbons (Fsp3) is 0.846. The number of hydrogen-bond acceptors (Lipinski definition) is 3. The first-order valence-corrected chi connectivity index (χ1v) is 6.36. The number of unbranched alkanes of at least 4 members (excludes halogenated alkanes) is 1. The van der Waals surface area contributed by atoms with Gasteiger partial charge in [-0.15, -0.1) is 6.58 Å². The van der Waals surface area contributed by atoms with Crippen LogP contribution in [0.1, 0.15) is 19.3 Å². The fourth-order valence-electron chi connectivity index (χ4n) is 2.49. The van der Waals surface area contributed by atoms with E-state index in [4.69, 9.17) is 0 Å². The summed E-state index contributed by atoms with van der Waals surface area (Å²) < 4.78 is 0. The largest absolute Gasteiger partial charge is 0.315 e. The van der Waals surface area contributed by atoms with Crippen molar-refractivity contribution in [2.24, 2.45) is 0 Å². The second-order valence-electron chi connectivity index (χ2n) is 4.92. The lowest BCUT2D eigenvalue weighted by molar-refractivity contribution is 0.0869. The highest BCUT2D eigenvalue weighted by atomic mass is 15.3. The summed E-state index contributed by atoms with van der Waals surface area (Å²) in [7, 11) is 6.55. The third-order valence-electron chi connectivity index (χ3n) is 3.66. The molecule has 0 spiro atoms. The van der Waals surface area contributed by atoms with Gasteiger partial charge in [-0.05, 0) is 40.4 Å². The first-order valence-electron chi connectivity index (χ1n) is 6.36. The highest BCUT2D eigenvalue weighted by Crippen LogP contribution is 2.14. The number of hydrogen-bond donors (Lipinski definition) is 1. The highest BCUT2D eigenvalue weighted by molar-refractivity contribution is 4.88. The number of allylic oxidation sites excluding steroid dienone is 1. The molecule has 0 amide bonds. The smallest absolute Gasteiger partial charge is 0.0373 e. The molecule has 0 bridgehead atoms. The number of nitrogens with zero attached hydrogens (tertiary/aromatic N) is 2. The van der Waals surface area contributed by atoms with E-state index >= 15 is 0 Å². The molecule has 1 N–H and O–H groups in total. The Kier molecular flexibility index (Phi) is 6.03. The highest BCUT2D eigenvalue weighted by Gasteiger charge is 2.28. The van der Waals surface area contributed by atoms with Gasteiger partial charge in [-0.2, -0.15) is 0 Å². The Hall–Kier alpha value is -0.380. The van der Waals surface area contributed by atoms with Crippen LogP contribution in [0.2, 0.25) is 0 Å². The minimum atomic E-state index is 0.604. The molecule has 0 aromatic heterocycles. The van der Waals surface area contributed by atoms with Gasteiger partial charge >= 0.3 is 0 Å². The SMILES string of the molecule is C=CCCCC(NC)C1CN(C)CCN1C. The van der Waals surface area contributed by atoms with Gasteiger partial charge in [0.1, 0.15) is 0 Å². The first-order chi connectivity index (χ1) is 7.69. The third-order valence-corrected chi connectivity index (χ3v) is 3.66. The van der Waals surface area contributed by atoms with Crippen molar-refractivity contribution in [1.29, 1.82) is 0 Å². The molecule has 3 heteroatoms. The molecule has 0 radical (unpaired) electrons. The number of likely N-dealkylation sites (N-methyl/N-ethyl adjacent to an activating group) is 3. The van der Waals surface area contributed by atoms with Crippen molar-refractivity contribution in [3.05, 3.63) is 12.7 Å². The Bertz CT molecular complexity index is 205. The zero-order chi connectivity index (χ0) is 12.0. The maximum atomic E-state index is 3.78. The number of nitrogens with one attached hydrogen (secondary N) is 1. The van der Waals surface area contributed by atoms with Gasteiger partial charge in [0.15, 0.2) is 0 Å². The molecular formula is C13H27N3. The van der Waals surface area contributed by atoms with E-state index in [-0.39, 0.29) is 0 Å².